The lowest BCUT2D eigenvalue weighted by atomic mass is 10.1. The molecule has 2 aromatic rings. The Morgan fingerprint density at radius 3 is 2.31 bits per heavy atom. The SMILES string of the molecule is Cc1ccc(-c2[s+]csc2C)cc1. The quantitative estimate of drug-likeness (QED) is 0.609. The molecule has 1 heterocycles. The van der Waals surface area contributed by atoms with Gasteiger partial charge < -0.3 is 0 Å². The van der Waals surface area contributed by atoms with E-state index in [1.807, 2.05) is 22.7 Å². The topological polar surface area (TPSA) is 0 Å². The van der Waals surface area contributed by atoms with E-state index in [1.165, 1.54) is 20.9 Å². The summed E-state index contributed by atoms with van der Waals surface area (Å²) in [6, 6.07) is 8.72. The van der Waals surface area contributed by atoms with Crippen molar-refractivity contribution >= 4 is 22.7 Å². The molecule has 0 saturated heterocycles. The van der Waals surface area contributed by atoms with E-state index in [2.05, 4.69) is 42.8 Å². The highest BCUT2D eigenvalue weighted by Crippen LogP contribution is 2.31. The van der Waals surface area contributed by atoms with E-state index in [0.717, 1.165) is 0 Å². The van der Waals surface area contributed by atoms with Crippen LogP contribution in [0.1, 0.15) is 10.4 Å². The maximum Gasteiger partial charge on any atom is 0.243 e. The molecular weight excluding hydrogens is 196 g/mol. The summed E-state index contributed by atoms with van der Waals surface area (Å²) in [7, 11) is 0. The van der Waals surface area contributed by atoms with Gasteiger partial charge in [0.1, 0.15) is 4.88 Å². The van der Waals surface area contributed by atoms with Crippen LogP contribution in [0.15, 0.2) is 29.0 Å². The fraction of sp³-hybridized carbons (Fsp3) is 0.182. The Labute approximate surface area is 86.5 Å². The third-order valence-corrected chi connectivity index (χ3v) is 4.26. The van der Waals surface area contributed by atoms with Crippen LogP contribution < -0.4 is 0 Å². The summed E-state index contributed by atoms with van der Waals surface area (Å²) < 4.78 is 2.19. The molecule has 13 heavy (non-hydrogen) atoms. The molecule has 0 radical (unpaired) electrons. The van der Waals surface area contributed by atoms with Crippen molar-refractivity contribution in [1.29, 1.82) is 0 Å². The number of hydrogen-bond donors (Lipinski definition) is 0. The minimum atomic E-state index is 1.32. The number of benzene rings is 1. The lowest BCUT2D eigenvalue weighted by molar-refractivity contribution is 1.47. The van der Waals surface area contributed by atoms with E-state index >= 15 is 0 Å². The first-order chi connectivity index (χ1) is 6.27. The Morgan fingerprint density at radius 1 is 1.08 bits per heavy atom. The Hall–Kier alpha value is -0.730. The molecule has 0 unspecified atom stereocenters. The highest BCUT2D eigenvalue weighted by molar-refractivity contribution is 7.30. The van der Waals surface area contributed by atoms with Crippen molar-refractivity contribution < 1.29 is 0 Å². The first-order valence-corrected chi connectivity index (χ1v) is 5.96. The highest BCUT2D eigenvalue weighted by Gasteiger charge is 2.12. The van der Waals surface area contributed by atoms with Gasteiger partial charge in [-0.1, -0.05) is 29.8 Å². The van der Waals surface area contributed by atoms with E-state index in [4.69, 9.17) is 0 Å². The molecule has 0 amide bonds. The molecule has 0 aliphatic carbocycles. The van der Waals surface area contributed by atoms with Crippen molar-refractivity contribution in [3.8, 4) is 10.4 Å². The van der Waals surface area contributed by atoms with E-state index in [0.29, 0.717) is 0 Å². The molecule has 0 N–H and O–H groups in total. The first-order valence-electron chi connectivity index (χ1n) is 4.20. The van der Waals surface area contributed by atoms with Gasteiger partial charge in [-0.15, -0.1) is 0 Å². The van der Waals surface area contributed by atoms with Crippen molar-refractivity contribution in [2.24, 2.45) is 0 Å². The van der Waals surface area contributed by atoms with Crippen molar-refractivity contribution in [2.75, 3.05) is 0 Å². The second-order valence-corrected chi connectivity index (χ2v) is 5.35. The summed E-state index contributed by atoms with van der Waals surface area (Å²) in [5, 5.41) is 0. The maximum absolute atomic E-state index is 2.20. The van der Waals surface area contributed by atoms with E-state index in [-0.39, 0.29) is 0 Å². The van der Waals surface area contributed by atoms with Crippen LogP contribution in [0.2, 0.25) is 0 Å². The summed E-state index contributed by atoms with van der Waals surface area (Å²) in [5.41, 5.74) is 2.66. The van der Waals surface area contributed by atoms with E-state index in [1.54, 1.807) is 0 Å². The molecule has 0 atom stereocenters. The average molecular weight is 207 g/mol. The van der Waals surface area contributed by atoms with Crippen LogP contribution in [0.5, 0.6) is 0 Å². The minimum absolute atomic E-state index is 1.32. The van der Waals surface area contributed by atoms with Gasteiger partial charge in [0.05, 0.1) is 22.7 Å². The summed E-state index contributed by atoms with van der Waals surface area (Å²) in [6.07, 6.45) is 0. The normalized spacial score (nSPS) is 10.3. The molecule has 2 heteroatoms. The Balaban J connectivity index is 2.47. The summed E-state index contributed by atoms with van der Waals surface area (Å²) in [4.78, 5) is 2.82. The smallest absolute Gasteiger partial charge is 0.0586 e. The van der Waals surface area contributed by atoms with Gasteiger partial charge in [0, 0.05) is 5.56 Å². The number of rotatable bonds is 1. The van der Waals surface area contributed by atoms with Crippen molar-refractivity contribution in [1.82, 2.24) is 0 Å². The van der Waals surface area contributed by atoms with E-state index in [9.17, 15) is 0 Å². The van der Waals surface area contributed by atoms with Gasteiger partial charge in [-0.25, -0.2) is 0 Å². The second-order valence-electron chi connectivity index (χ2n) is 3.08. The van der Waals surface area contributed by atoms with Crippen LogP contribution in [-0.4, -0.2) is 0 Å². The van der Waals surface area contributed by atoms with Gasteiger partial charge in [-0.2, -0.15) is 0 Å². The van der Waals surface area contributed by atoms with Crippen LogP contribution in [0.3, 0.4) is 0 Å². The zero-order valence-corrected chi connectivity index (χ0v) is 9.34. The van der Waals surface area contributed by atoms with Gasteiger partial charge in [-0.05, 0) is 13.8 Å². The molecular formula is C11H11S2+. The minimum Gasteiger partial charge on any atom is -0.0586 e. The van der Waals surface area contributed by atoms with Gasteiger partial charge in [-0.3, -0.25) is 0 Å². The second kappa shape index (κ2) is 3.56. The highest BCUT2D eigenvalue weighted by atomic mass is 32.2. The Kier molecular flexibility index (Phi) is 2.42. The summed E-state index contributed by atoms with van der Waals surface area (Å²) >= 11 is 3.65. The fourth-order valence-electron chi connectivity index (χ4n) is 1.26. The summed E-state index contributed by atoms with van der Waals surface area (Å²) in [5.74, 6) is 0. The fourth-order valence-corrected chi connectivity index (χ4v) is 3.36. The van der Waals surface area contributed by atoms with Crippen molar-refractivity contribution in [2.45, 2.75) is 13.8 Å². The molecule has 0 spiro atoms. The van der Waals surface area contributed by atoms with Crippen LogP contribution in [0.25, 0.3) is 10.4 Å². The molecule has 0 fully saturated rings. The largest absolute Gasteiger partial charge is 0.243 e. The van der Waals surface area contributed by atoms with Gasteiger partial charge in [0.2, 0.25) is 4.69 Å². The molecule has 0 aliphatic heterocycles. The standard InChI is InChI=1S/C11H11S2/c1-8-3-5-10(6-4-8)11-9(2)12-7-13-11/h3-7H,1-2H3/q+1. The molecule has 0 nitrogen and oxygen atoms in total. The summed E-state index contributed by atoms with van der Waals surface area (Å²) in [6.45, 7) is 4.30. The van der Waals surface area contributed by atoms with Gasteiger partial charge in [0.25, 0.3) is 0 Å². The predicted molar refractivity (Wildman–Crippen MR) is 61.5 cm³/mol. The average Bonchev–Trinajstić information content (AvgIpc) is 2.53. The van der Waals surface area contributed by atoms with Crippen molar-refractivity contribution in [3.63, 3.8) is 0 Å². The lowest BCUT2D eigenvalue weighted by Crippen LogP contribution is -1.75. The first kappa shape index (κ1) is 8.85. The Bertz CT molecular complexity index is 398. The molecule has 1 aromatic heterocycles. The van der Waals surface area contributed by atoms with Crippen LogP contribution in [-0.2, 0) is 0 Å². The van der Waals surface area contributed by atoms with Crippen molar-refractivity contribution in [3.05, 3.63) is 39.4 Å². The van der Waals surface area contributed by atoms with Gasteiger partial charge >= 0.3 is 0 Å². The maximum atomic E-state index is 2.20. The third-order valence-electron chi connectivity index (χ3n) is 2.02. The van der Waals surface area contributed by atoms with Crippen LogP contribution >= 0.6 is 22.7 Å². The van der Waals surface area contributed by atoms with Crippen LogP contribution in [0.4, 0.5) is 0 Å². The molecule has 0 bridgehead atoms. The van der Waals surface area contributed by atoms with Gasteiger partial charge in [0.15, 0.2) is 4.88 Å². The zero-order valence-electron chi connectivity index (χ0n) is 7.70. The molecule has 0 saturated carbocycles. The Morgan fingerprint density at radius 2 is 1.77 bits per heavy atom. The lowest BCUT2D eigenvalue weighted by Gasteiger charge is -1.94. The number of aryl methyl sites for hydroxylation is 2. The predicted octanol–water partition coefficient (Wildman–Crippen LogP) is 4.37. The van der Waals surface area contributed by atoms with Crippen LogP contribution in [0, 0.1) is 13.8 Å². The molecule has 1 aromatic carbocycles. The van der Waals surface area contributed by atoms with E-state index < -0.39 is 0 Å². The zero-order chi connectivity index (χ0) is 9.26. The molecule has 0 aliphatic rings. The molecule has 2 rings (SSSR count). The molecule has 66 valence electrons. The number of hydrogen-bond acceptors (Lipinski definition) is 1. The third kappa shape index (κ3) is 1.79. The monoisotopic (exact) mass is 207 g/mol.